The highest BCUT2D eigenvalue weighted by molar-refractivity contribution is 7.80. The van der Waals surface area contributed by atoms with Crippen LogP contribution >= 0.6 is 12.2 Å². The maximum Gasteiger partial charge on any atom is 0.392 e. The van der Waals surface area contributed by atoms with Gasteiger partial charge in [-0.3, -0.25) is 0 Å². The van der Waals surface area contributed by atoms with Crippen molar-refractivity contribution in [1.82, 2.24) is 0 Å². The maximum absolute atomic E-state index is 12.9. The van der Waals surface area contributed by atoms with E-state index < -0.39 is 25.0 Å². The molecule has 17 heavy (non-hydrogen) atoms. The molecule has 0 saturated carbocycles. The maximum atomic E-state index is 12.9. The number of thiocarbonyl (C=S) groups is 1. The fourth-order valence-electron chi connectivity index (χ4n) is 1.10. The Balaban J connectivity index is 2.74. The third kappa shape index (κ3) is 4.56. The predicted molar refractivity (Wildman–Crippen MR) is 58.5 cm³/mol. The number of halogens is 4. The van der Waals surface area contributed by atoms with Gasteiger partial charge in [0.2, 0.25) is 0 Å². The molecule has 0 amide bonds. The minimum atomic E-state index is -4.30. The van der Waals surface area contributed by atoms with Crippen LogP contribution in [0.5, 0.6) is 5.75 Å². The van der Waals surface area contributed by atoms with Gasteiger partial charge < -0.3 is 10.5 Å². The molecule has 0 spiro atoms. The summed E-state index contributed by atoms with van der Waals surface area (Å²) in [5, 5.41) is 0. The van der Waals surface area contributed by atoms with Gasteiger partial charge in [-0.15, -0.1) is 0 Å². The zero-order chi connectivity index (χ0) is 13.1. The highest BCUT2D eigenvalue weighted by Crippen LogP contribution is 2.23. The quantitative estimate of drug-likeness (QED) is 0.673. The second-order valence-electron chi connectivity index (χ2n) is 3.22. The van der Waals surface area contributed by atoms with Crippen LogP contribution in [0.25, 0.3) is 0 Å². The van der Waals surface area contributed by atoms with Crippen LogP contribution in [-0.2, 0) is 0 Å². The van der Waals surface area contributed by atoms with Crippen molar-refractivity contribution in [3.05, 3.63) is 29.6 Å². The SMILES string of the molecule is NC(=S)c1cc(F)ccc1OCCC(F)(F)F. The number of rotatable bonds is 4. The van der Waals surface area contributed by atoms with E-state index in [9.17, 15) is 17.6 Å². The van der Waals surface area contributed by atoms with Crippen molar-refractivity contribution in [2.24, 2.45) is 5.73 Å². The number of alkyl halides is 3. The molecule has 0 aliphatic rings. The number of nitrogens with two attached hydrogens (primary N) is 1. The van der Waals surface area contributed by atoms with Crippen molar-refractivity contribution < 1.29 is 22.3 Å². The van der Waals surface area contributed by atoms with Gasteiger partial charge in [-0.05, 0) is 18.2 Å². The summed E-state index contributed by atoms with van der Waals surface area (Å²) in [5.74, 6) is -0.542. The molecule has 0 radical (unpaired) electrons. The topological polar surface area (TPSA) is 35.2 Å². The van der Waals surface area contributed by atoms with E-state index in [2.05, 4.69) is 12.2 Å². The lowest BCUT2D eigenvalue weighted by Gasteiger charge is -2.11. The van der Waals surface area contributed by atoms with Crippen molar-refractivity contribution in [1.29, 1.82) is 0 Å². The number of ether oxygens (including phenoxy) is 1. The first-order chi connectivity index (χ1) is 7.79. The summed E-state index contributed by atoms with van der Waals surface area (Å²) in [6, 6.07) is 3.27. The Morgan fingerprint density at radius 3 is 2.53 bits per heavy atom. The second kappa shape index (κ2) is 5.31. The van der Waals surface area contributed by atoms with E-state index in [0.717, 1.165) is 12.1 Å². The van der Waals surface area contributed by atoms with Crippen molar-refractivity contribution in [3.8, 4) is 5.75 Å². The van der Waals surface area contributed by atoms with Crippen LogP contribution in [0.15, 0.2) is 18.2 Å². The fraction of sp³-hybridized carbons (Fsp3) is 0.300. The lowest BCUT2D eigenvalue weighted by molar-refractivity contribution is -0.139. The van der Waals surface area contributed by atoms with E-state index >= 15 is 0 Å². The fourth-order valence-corrected chi connectivity index (χ4v) is 1.26. The normalized spacial score (nSPS) is 11.3. The Hall–Kier alpha value is -1.37. The zero-order valence-corrected chi connectivity index (χ0v) is 9.37. The van der Waals surface area contributed by atoms with Crippen molar-refractivity contribution in [3.63, 3.8) is 0 Å². The lowest BCUT2D eigenvalue weighted by atomic mass is 10.2. The average molecular weight is 267 g/mol. The molecule has 0 atom stereocenters. The van der Waals surface area contributed by atoms with E-state index in [0.29, 0.717) is 0 Å². The molecule has 0 aliphatic heterocycles. The van der Waals surface area contributed by atoms with Crippen LogP contribution in [0.4, 0.5) is 17.6 Å². The standard InChI is InChI=1S/C10H9F4NOS/c11-6-1-2-8(7(5-6)9(15)17)16-4-3-10(12,13)14/h1-2,5H,3-4H2,(H2,15,17). The Labute approximate surface area is 100 Å². The third-order valence-electron chi connectivity index (χ3n) is 1.85. The molecule has 1 aromatic rings. The molecule has 2 N–H and O–H groups in total. The van der Waals surface area contributed by atoms with Crippen LogP contribution in [0, 0.1) is 5.82 Å². The van der Waals surface area contributed by atoms with Gasteiger partial charge in [0.05, 0.1) is 18.6 Å². The van der Waals surface area contributed by atoms with Gasteiger partial charge >= 0.3 is 6.18 Å². The average Bonchev–Trinajstić information content (AvgIpc) is 2.18. The van der Waals surface area contributed by atoms with E-state index in [1.54, 1.807) is 0 Å². The van der Waals surface area contributed by atoms with E-state index in [1.165, 1.54) is 6.07 Å². The van der Waals surface area contributed by atoms with Crippen molar-refractivity contribution in [2.75, 3.05) is 6.61 Å². The highest BCUT2D eigenvalue weighted by Gasteiger charge is 2.27. The van der Waals surface area contributed by atoms with E-state index in [-0.39, 0.29) is 16.3 Å². The molecular formula is C10H9F4NOS. The summed E-state index contributed by atoms with van der Waals surface area (Å²) in [6.45, 7) is -0.565. The summed E-state index contributed by atoms with van der Waals surface area (Å²) in [6.07, 6.45) is -5.40. The first kappa shape index (κ1) is 13.7. The first-order valence-corrected chi connectivity index (χ1v) is 4.99. The summed E-state index contributed by atoms with van der Waals surface area (Å²) in [5.41, 5.74) is 5.39. The molecule has 2 nitrogen and oxygen atoms in total. The van der Waals surface area contributed by atoms with Gasteiger partial charge in [-0.2, -0.15) is 13.2 Å². The van der Waals surface area contributed by atoms with Crippen LogP contribution in [0.3, 0.4) is 0 Å². The molecule has 0 saturated heterocycles. The summed E-state index contributed by atoms with van der Waals surface area (Å²) in [4.78, 5) is -0.133. The smallest absolute Gasteiger partial charge is 0.392 e. The predicted octanol–water partition coefficient (Wildman–Crippen LogP) is 2.79. The van der Waals surface area contributed by atoms with Gasteiger partial charge in [0.15, 0.2) is 0 Å². The molecule has 0 fully saturated rings. The Bertz CT molecular complexity index is 419. The minimum absolute atomic E-state index is 0.0446. The molecule has 0 heterocycles. The van der Waals surface area contributed by atoms with Crippen LogP contribution in [-0.4, -0.2) is 17.8 Å². The van der Waals surface area contributed by atoms with Gasteiger partial charge in [-0.25, -0.2) is 4.39 Å². The zero-order valence-electron chi connectivity index (χ0n) is 8.55. The van der Waals surface area contributed by atoms with Gasteiger partial charge in [-0.1, -0.05) is 12.2 Å². The molecule has 0 aromatic heterocycles. The van der Waals surface area contributed by atoms with Crippen molar-refractivity contribution in [2.45, 2.75) is 12.6 Å². The van der Waals surface area contributed by atoms with E-state index in [1.807, 2.05) is 0 Å². The molecular weight excluding hydrogens is 258 g/mol. The molecule has 7 heteroatoms. The van der Waals surface area contributed by atoms with Crippen LogP contribution < -0.4 is 10.5 Å². The lowest BCUT2D eigenvalue weighted by Crippen LogP contribution is -2.16. The van der Waals surface area contributed by atoms with Crippen LogP contribution in [0.2, 0.25) is 0 Å². The number of hydrogen-bond donors (Lipinski definition) is 1. The summed E-state index contributed by atoms with van der Waals surface area (Å²) in [7, 11) is 0. The summed E-state index contributed by atoms with van der Waals surface area (Å²) < 4.78 is 53.4. The van der Waals surface area contributed by atoms with Gasteiger partial charge in [0, 0.05) is 0 Å². The molecule has 1 rings (SSSR count). The minimum Gasteiger partial charge on any atom is -0.492 e. The second-order valence-corrected chi connectivity index (χ2v) is 3.66. The molecule has 1 aromatic carbocycles. The molecule has 0 bridgehead atoms. The van der Waals surface area contributed by atoms with Gasteiger partial charge in [0.25, 0.3) is 0 Å². The molecule has 94 valence electrons. The number of benzene rings is 1. The Kier molecular flexibility index (Phi) is 4.28. The highest BCUT2D eigenvalue weighted by atomic mass is 32.1. The molecule has 0 aliphatic carbocycles. The van der Waals surface area contributed by atoms with Crippen molar-refractivity contribution >= 4 is 17.2 Å². The molecule has 0 unspecified atom stereocenters. The Morgan fingerprint density at radius 2 is 2.00 bits per heavy atom. The van der Waals surface area contributed by atoms with Gasteiger partial charge in [0.1, 0.15) is 16.6 Å². The third-order valence-corrected chi connectivity index (χ3v) is 2.07. The van der Waals surface area contributed by atoms with E-state index in [4.69, 9.17) is 10.5 Å². The monoisotopic (exact) mass is 267 g/mol. The Morgan fingerprint density at radius 1 is 1.35 bits per heavy atom. The van der Waals surface area contributed by atoms with Crippen LogP contribution in [0.1, 0.15) is 12.0 Å². The first-order valence-electron chi connectivity index (χ1n) is 4.58. The largest absolute Gasteiger partial charge is 0.492 e. The summed E-state index contributed by atoms with van der Waals surface area (Å²) >= 11 is 4.64. The number of hydrogen-bond acceptors (Lipinski definition) is 2.